The third-order valence-corrected chi connectivity index (χ3v) is 4.24. The fourth-order valence-corrected chi connectivity index (χ4v) is 3.00. The number of anilines is 1. The number of nitrogens with one attached hydrogen (secondary N) is 2. The summed E-state index contributed by atoms with van der Waals surface area (Å²) in [6.07, 6.45) is 2.71. The zero-order chi connectivity index (χ0) is 14.8. The van der Waals surface area contributed by atoms with Gasteiger partial charge in [-0.1, -0.05) is 24.3 Å². The Balaban J connectivity index is 1.67. The molecule has 1 atom stereocenters. The van der Waals surface area contributed by atoms with Gasteiger partial charge in [-0.15, -0.1) is 0 Å². The van der Waals surface area contributed by atoms with Gasteiger partial charge in [0.2, 0.25) is 0 Å². The van der Waals surface area contributed by atoms with E-state index in [0.717, 1.165) is 10.9 Å². The van der Waals surface area contributed by atoms with Crippen LogP contribution in [0.2, 0.25) is 0 Å². The summed E-state index contributed by atoms with van der Waals surface area (Å²) in [4.78, 5) is 16.5. The zero-order valence-corrected chi connectivity index (χ0v) is 13.3. The monoisotopic (exact) mass is 345 g/mol. The molecular weight excluding hydrogens is 330 g/mol. The van der Waals surface area contributed by atoms with Crippen molar-refractivity contribution in [3.63, 3.8) is 0 Å². The first-order valence-electron chi connectivity index (χ1n) is 6.88. The number of amides is 1. The lowest BCUT2D eigenvalue weighted by Crippen LogP contribution is -2.33. The highest BCUT2D eigenvalue weighted by Crippen LogP contribution is 2.34. The number of carbonyl (C=O) groups is 1. The van der Waals surface area contributed by atoms with Gasteiger partial charge >= 0.3 is 0 Å². The fraction of sp³-hybridized carbons (Fsp3) is 0.250. The number of rotatable bonds is 4. The summed E-state index contributed by atoms with van der Waals surface area (Å²) in [6, 6.07) is 10.2. The summed E-state index contributed by atoms with van der Waals surface area (Å²) < 4.78 is 0.792. The highest BCUT2D eigenvalue weighted by Gasteiger charge is 2.26. The van der Waals surface area contributed by atoms with Gasteiger partial charge in [-0.25, -0.2) is 4.98 Å². The number of hydrogen-bond donors (Lipinski definition) is 2. The smallest absolute Gasteiger partial charge is 0.255 e. The van der Waals surface area contributed by atoms with Crippen molar-refractivity contribution in [2.24, 2.45) is 0 Å². The van der Waals surface area contributed by atoms with Crippen LogP contribution in [-0.2, 0) is 6.42 Å². The summed E-state index contributed by atoms with van der Waals surface area (Å²) in [6.45, 7) is 0.658. The Labute approximate surface area is 132 Å². The van der Waals surface area contributed by atoms with Gasteiger partial charge in [-0.2, -0.15) is 0 Å². The molecule has 1 aromatic carbocycles. The molecule has 5 heteroatoms. The molecule has 3 rings (SSSR count). The van der Waals surface area contributed by atoms with E-state index in [9.17, 15) is 4.79 Å². The maximum atomic E-state index is 12.3. The van der Waals surface area contributed by atoms with E-state index in [4.69, 9.17) is 0 Å². The maximum Gasteiger partial charge on any atom is 0.255 e. The van der Waals surface area contributed by atoms with Gasteiger partial charge in [-0.3, -0.25) is 4.79 Å². The molecule has 0 radical (unpaired) electrons. The Morgan fingerprint density at radius 3 is 3.00 bits per heavy atom. The van der Waals surface area contributed by atoms with Crippen LogP contribution in [0.3, 0.4) is 0 Å². The molecule has 1 aromatic heterocycles. The molecule has 2 N–H and O–H groups in total. The van der Waals surface area contributed by atoms with E-state index in [1.807, 2.05) is 6.07 Å². The van der Waals surface area contributed by atoms with E-state index in [0.29, 0.717) is 23.8 Å². The highest BCUT2D eigenvalue weighted by molar-refractivity contribution is 9.10. The van der Waals surface area contributed by atoms with E-state index >= 15 is 0 Å². The largest absolute Gasteiger partial charge is 0.372 e. The van der Waals surface area contributed by atoms with Crippen molar-refractivity contribution >= 4 is 27.7 Å². The van der Waals surface area contributed by atoms with Crippen molar-refractivity contribution in [3.8, 4) is 0 Å². The summed E-state index contributed by atoms with van der Waals surface area (Å²) in [5, 5.41) is 5.95. The van der Waals surface area contributed by atoms with Gasteiger partial charge in [0.15, 0.2) is 0 Å². The van der Waals surface area contributed by atoms with E-state index in [2.05, 4.69) is 49.7 Å². The molecule has 4 nitrogen and oxygen atoms in total. The molecule has 1 aliphatic rings. The number of aromatic nitrogens is 1. The van der Waals surface area contributed by atoms with Gasteiger partial charge in [0.25, 0.3) is 5.91 Å². The molecule has 1 unspecified atom stereocenters. The van der Waals surface area contributed by atoms with Crippen molar-refractivity contribution in [3.05, 3.63) is 57.7 Å². The second kappa shape index (κ2) is 5.85. The molecule has 0 aliphatic heterocycles. The number of halogens is 1. The first-order chi connectivity index (χ1) is 10.2. The molecule has 0 saturated heterocycles. The highest BCUT2D eigenvalue weighted by atomic mass is 79.9. The standard InChI is InChI=1S/C16H16BrN3O/c1-18-15-14(7-12(17)9-19-15)16(21)20-8-11-6-10-4-2-3-5-13(10)11/h2-5,7,9,11H,6,8H2,1H3,(H,18,19)(H,20,21). The summed E-state index contributed by atoms with van der Waals surface area (Å²) in [7, 11) is 1.76. The molecule has 1 heterocycles. The normalized spacial score (nSPS) is 15.8. The molecule has 0 saturated carbocycles. The lowest BCUT2D eigenvalue weighted by molar-refractivity contribution is 0.0950. The topological polar surface area (TPSA) is 54.0 Å². The van der Waals surface area contributed by atoms with Crippen LogP contribution in [0.15, 0.2) is 41.0 Å². The van der Waals surface area contributed by atoms with Crippen LogP contribution in [0.4, 0.5) is 5.82 Å². The van der Waals surface area contributed by atoms with Crippen LogP contribution < -0.4 is 10.6 Å². The first-order valence-corrected chi connectivity index (χ1v) is 7.67. The van der Waals surface area contributed by atoms with Crippen LogP contribution in [-0.4, -0.2) is 24.5 Å². The van der Waals surface area contributed by atoms with E-state index in [1.54, 1.807) is 19.3 Å². The second-order valence-electron chi connectivity index (χ2n) is 5.11. The van der Waals surface area contributed by atoms with Crippen molar-refractivity contribution in [2.45, 2.75) is 12.3 Å². The average molecular weight is 346 g/mol. The van der Waals surface area contributed by atoms with Crippen LogP contribution in [0.1, 0.15) is 27.4 Å². The predicted octanol–water partition coefficient (Wildman–Crippen LogP) is 2.96. The first kappa shape index (κ1) is 14.1. The van der Waals surface area contributed by atoms with Gasteiger partial charge in [0.1, 0.15) is 5.82 Å². The number of nitrogens with zero attached hydrogens (tertiary/aromatic N) is 1. The van der Waals surface area contributed by atoms with Gasteiger partial charge in [0.05, 0.1) is 5.56 Å². The Hall–Kier alpha value is -1.88. The quantitative estimate of drug-likeness (QED) is 0.895. The van der Waals surface area contributed by atoms with Crippen LogP contribution in [0.25, 0.3) is 0 Å². The van der Waals surface area contributed by atoms with Gasteiger partial charge < -0.3 is 10.6 Å². The SMILES string of the molecule is CNc1ncc(Br)cc1C(=O)NCC1Cc2ccccc21. The number of carbonyl (C=O) groups excluding carboxylic acids is 1. The minimum atomic E-state index is -0.0995. The van der Waals surface area contributed by atoms with Gasteiger partial charge in [0, 0.05) is 30.2 Å². The molecule has 21 heavy (non-hydrogen) atoms. The Morgan fingerprint density at radius 2 is 2.24 bits per heavy atom. The average Bonchev–Trinajstić information content (AvgIpc) is 2.48. The van der Waals surface area contributed by atoms with Crippen molar-refractivity contribution < 1.29 is 4.79 Å². The molecule has 2 aromatic rings. The minimum absolute atomic E-state index is 0.0995. The Kier molecular flexibility index (Phi) is 3.92. The van der Waals surface area contributed by atoms with Crippen molar-refractivity contribution in [1.29, 1.82) is 0 Å². The lowest BCUT2D eigenvalue weighted by atomic mass is 9.77. The van der Waals surface area contributed by atoms with Crippen LogP contribution in [0, 0.1) is 0 Å². The number of pyridine rings is 1. The third-order valence-electron chi connectivity index (χ3n) is 3.81. The molecule has 1 aliphatic carbocycles. The van der Waals surface area contributed by atoms with Gasteiger partial charge in [-0.05, 0) is 39.5 Å². The Bertz CT molecular complexity index is 687. The molecule has 108 valence electrons. The molecule has 0 spiro atoms. The zero-order valence-electron chi connectivity index (χ0n) is 11.7. The third kappa shape index (κ3) is 2.78. The number of hydrogen-bond acceptors (Lipinski definition) is 3. The molecule has 0 fully saturated rings. The Morgan fingerprint density at radius 1 is 1.43 bits per heavy atom. The van der Waals surface area contributed by atoms with E-state index < -0.39 is 0 Å². The molecule has 1 amide bonds. The summed E-state index contributed by atoms with van der Waals surface area (Å²) >= 11 is 3.35. The lowest BCUT2D eigenvalue weighted by Gasteiger charge is -2.30. The number of fused-ring (bicyclic) bond motifs is 1. The second-order valence-corrected chi connectivity index (χ2v) is 6.03. The fourth-order valence-electron chi connectivity index (χ4n) is 2.67. The minimum Gasteiger partial charge on any atom is -0.372 e. The van der Waals surface area contributed by atoms with E-state index in [-0.39, 0.29) is 5.91 Å². The summed E-state index contributed by atoms with van der Waals surface area (Å²) in [5.41, 5.74) is 3.29. The van der Waals surface area contributed by atoms with Crippen molar-refractivity contribution in [2.75, 3.05) is 18.9 Å². The van der Waals surface area contributed by atoms with Crippen LogP contribution >= 0.6 is 15.9 Å². The summed E-state index contributed by atoms with van der Waals surface area (Å²) in [5.74, 6) is 0.908. The maximum absolute atomic E-state index is 12.3. The van der Waals surface area contributed by atoms with Crippen molar-refractivity contribution in [1.82, 2.24) is 10.3 Å². The van der Waals surface area contributed by atoms with E-state index in [1.165, 1.54) is 11.1 Å². The molecular formula is C16H16BrN3O. The number of benzene rings is 1. The molecule has 0 bridgehead atoms. The predicted molar refractivity (Wildman–Crippen MR) is 86.7 cm³/mol. The van der Waals surface area contributed by atoms with Crippen LogP contribution in [0.5, 0.6) is 0 Å².